The number of hydrogen-bond acceptors (Lipinski definition) is 5. The maximum Gasteiger partial charge on any atom is 0.343 e. The SMILES string of the molecule is O=C1/C(=C/c2cc3ccccc3oc2=O)SC(=S)N1Cc1ccccc1. The number of carbonyl (C=O) groups excluding carboxylic acids is 1. The number of amides is 1. The molecule has 2 heterocycles. The summed E-state index contributed by atoms with van der Waals surface area (Å²) >= 11 is 6.54. The maximum atomic E-state index is 12.7. The first-order chi connectivity index (χ1) is 12.6. The Hall–Kier alpha value is -2.70. The average Bonchev–Trinajstić information content (AvgIpc) is 2.91. The molecule has 0 bridgehead atoms. The van der Waals surface area contributed by atoms with Gasteiger partial charge in [0.15, 0.2) is 0 Å². The van der Waals surface area contributed by atoms with Gasteiger partial charge in [0.05, 0.1) is 17.0 Å². The van der Waals surface area contributed by atoms with Crippen molar-refractivity contribution in [2.24, 2.45) is 0 Å². The van der Waals surface area contributed by atoms with Gasteiger partial charge in [-0.2, -0.15) is 0 Å². The van der Waals surface area contributed by atoms with Crippen molar-refractivity contribution >= 4 is 51.3 Å². The molecular formula is C20H13NO3S2. The molecule has 0 aliphatic carbocycles. The Bertz CT molecular complexity index is 1100. The molecule has 1 aromatic heterocycles. The molecule has 26 heavy (non-hydrogen) atoms. The molecule has 0 unspecified atom stereocenters. The molecule has 2 aromatic carbocycles. The summed E-state index contributed by atoms with van der Waals surface area (Å²) in [7, 11) is 0. The molecule has 1 saturated heterocycles. The van der Waals surface area contributed by atoms with E-state index in [2.05, 4.69) is 0 Å². The summed E-state index contributed by atoms with van der Waals surface area (Å²) in [6.45, 7) is 0.412. The summed E-state index contributed by atoms with van der Waals surface area (Å²) in [5.41, 5.74) is 1.38. The predicted molar refractivity (Wildman–Crippen MR) is 108 cm³/mol. The predicted octanol–water partition coefficient (Wildman–Crippen LogP) is 4.19. The first kappa shape index (κ1) is 16.8. The Labute approximate surface area is 159 Å². The lowest BCUT2D eigenvalue weighted by molar-refractivity contribution is -0.122. The van der Waals surface area contributed by atoms with Gasteiger partial charge in [-0.1, -0.05) is 72.5 Å². The van der Waals surface area contributed by atoms with Crippen LogP contribution in [0.5, 0.6) is 0 Å². The molecule has 128 valence electrons. The largest absolute Gasteiger partial charge is 0.422 e. The summed E-state index contributed by atoms with van der Waals surface area (Å²) in [5.74, 6) is -0.198. The Kier molecular flexibility index (Phi) is 4.44. The first-order valence-corrected chi connectivity index (χ1v) is 9.16. The second-order valence-corrected chi connectivity index (χ2v) is 7.46. The van der Waals surface area contributed by atoms with Crippen molar-refractivity contribution in [3.63, 3.8) is 0 Å². The lowest BCUT2D eigenvalue weighted by Gasteiger charge is -2.14. The Balaban J connectivity index is 1.66. The van der Waals surface area contributed by atoms with E-state index in [1.807, 2.05) is 42.5 Å². The molecule has 0 N–H and O–H groups in total. The number of para-hydroxylation sites is 1. The fourth-order valence-electron chi connectivity index (χ4n) is 2.72. The van der Waals surface area contributed by atoms with Crippen LogP contribution in [0.15, 0.2) is 74.8 Å². The van der Waals surface area contributed by atoms with Gasteiger partial charge in [-0.3, -0.25) is 9.69 Å². The Morgan fingerprint density at radius 2 is 1.77 bits per heavy atom. The van der Waals surface area contributed by atoms with Crippen LogP contribution < -0.4 is 5.63 Å². The minimum Gasteiger partial charge on any atom is -0.422 e. The molecular weight excluding hydrogens is 366 g/mol. The normalized spacial score (nSPS) is 16.0. The van der Waals surface area contributed by atoms with Crippen LogP contribution >= 0.6 is 24.0 Å². The van der Waals surface area contributed by atoms with E-state index in [1.165, 1.54) is 11.8 Å². The summed E-state index contributed by atoms with van der Waals surface area (Å²) in [5, 5.41) is 0.804. The van der Waals surface area contributed by atoms with Gasteiger partial charge in [0.2, 0.25) is 0 Å². The van der Waals surface area contributed by atoms with Crippen molar-refractivity contribution in [3.8, 4) is 0 Å². The van der Waals surface area contributed by atoms with Crippen molar-refractivity contribution in [1.29, 1.82) is 0 Å². The van der Waals surface area contributed by atoms with Crippen LogP contribution in [-0.2, 0) is 11.3 Å². The van der Waals surface area contributed by atoms with Gasteiger partial charge >= 0.3 is 5.63 Å². The summed E-state index contributed by atoms with van der Waals surface area (Å²) in [6.07, 6.45) is 1.56. The van der Waals surface area contributed by atoms with Crippen LogP contribution in [0.3, 0.4) is 0 Å². The highest BCUT2D eigenvalue weighted by molar-refractivity contribution is 8.26. The second kappa shape index (κ2) is 6.90. The number of nitrogens with zero attached hydrogens (tertiary/aromatic N) is 1. The van der Waals surface area contributed by atoms with Crippen LogP contribution in [0, 0.1) is 0 Å². The maximum absolute atomic E-state index is 12.7. The lowest BCUT2D eigenvalue weighted by Crippen LogP contribution is -2.27. The first-order valence-electron chi connectivity index (χ1n) is 7.94. The van der Waals surface area contributed by atoms with Gasteiger partial charge in [0.1, 0.15) is 9.90 Å². The zero-order valence-corrected chi connectivity index (χ0v) is 15.2. The van der Waals surface area contributed by atoms with Gasteiger partial charge in [0.25, 0.3) is 5.91 Å². The van der Waals surface area contributed by atoms with E-state index >= 15 is 0 Å². The fourth-order valence-corrected chi connectivity index (χ4v) is 3.97. The van der Waals surface area contributed by atoms with E-state index in [9.17, 15) is 9.59 Å². The van der Waals surface area contributed by atoms with E-state index in [0.717, 1.165) is 10.9 Å². The van der Waals surface area contributed by atoms with Gasteiger partial charge in [-0.05, 0) is 23.8 Å². The zero-order valence-electron chi connectivity index (χ0n) is 13.5. The molecule has 0 atom stereocenters. The van der Waals surface area contributed by atoms with E-state index in [0.29, 0.717) is 26.9 Å². The topological polar surface area (TPSA) is 50.5 Å². The van der Waals surface area contributed by atoms with Gasteiger partial charge < -0.3 is 4.42 Å². The number of benzene rings is 2. The number of thiocarbonyl (C=S) groups is 1. The number of carbonyl (C=O) groups is 1. The van der Waals surface area contributed by atoms with Crippen LogP contribution in [0.4, 0.5) is 0 Å². The summed E-state index contributed by atoms with van der Waals surface area (Å²) in [4.78, 5) is 26.9. The van der Waals surface area contributed by atoms with Gasteiger partial charge in [-0.15, -0.1) is 0 Å². The molecule has 4 rings (SSSR count). The molecule has 6 heteroatoms. The number of fused-ring (bicyclic) bond motifs is 1. The van der Waals surface area contributed by atoms with E-state index in [1.54, 1.807) is 29.2 Å². The lowest BCUT2D eigenvalue weighted by atomic mass is 10.1. The highest BCUT2D eigenvalue weighted by Crippen LogP contribution is 2.33. The fraction of sp³-hybridized carbons (Fsp3) is 0.0500. The standard InChI is InChI=1S/C20H13NO3S2/c22-18-17(26-20(25)21(18)12-13-6-2-1-3-7-13)11-15-10-14-8-4-5-9-16(14)24-19(15)23/h1-11H,12H2/b17-11-. The summed E-state index contributed by atoms with van der Waals surface area (Å²) < 4.78 is 5.80. The third-order valence-corrected chi connectivity index (χ3v) is 5.39. The third-order valence-electron chi connectivity index (χ3n) is 4.01. The number of hydrogen-bond donors (Lipinski definition) is 0. The third kappa shape index (κ3) is 3.21. The molecule has 4 nitrogen and oxygen atoms in total. The minimum absolute atomic E-state index is 0.198. The van der Waals surface area contributed by atoms with E-state index in [-0.39, 0.29) is 5.91 Å². The molecule has 0 spiro atoms. The molecule has 0 radical (unpaired) electrons. The molecule has 1 fully saturated rings. The second-order valence-electron chi connectivity index (χ2n) is 5.78. The highest BCUT2D eigenvalue weighted by atomic mass is 32.2. The quantitative estimate of drug-likeness (QED) is 0.388. The average molecular weight is 379 g/mol. The molecule has 3 aromatic rings. The van der Waals surface area contributed by atoms with Crippen LogP contribution in [0.1, 0.15) is 11.1 Å². The Morgan fingerprint density at radius 1 is 1.04 bits per heavy atom. The van der Waals surface area contributed by atoms with Crippen molar-refractivity contribution in [1.82, 2.24) is 4.90 Å². The molecule has 1 aliphatic rings. The monoisotopic (exact) mass is 379 g/mol. The minimum atomic E-state index is -0.475. The van der Waals surface area contributed by atoms with Gasteiger partial charge in [0, 0.05) is 5.39 Å². The zero-order chi connectivity index (χ0) is 18.1. The van der Waals surface area contributed by atoms with Crippen LogP contribution in [0.25, 0.3) is 17.0 Å². The van der Waals surface area contributed by atoms with Crippen LogP contribution in [-0.4, -0.2) is 15.1 Å². The van der Waals surface area contributed by atoms with Crippen molar-refractivity contribution in [2.75, 3.05) is 0 Å². The smallest absolute Gasteiger partial charge is 0.343 e. The number of thioether (sulfide) groups is 1. The van der Waals surface area contributed by atoms with Crippen molar-refractivity contribution in [2.45, 2.75) is 6.54 Å². The van der Waals surface area contributed by atoms with E-state index in [4.69, 9.17) is 16.6 Å². The molecule has 1 amide bonds. The molecule has 1 aliphatic heterocycles. The van der Waals surface area contributed by atoms with Crippen molar-refractivity contribution < 1.29 is 9.21 Å². The Morgan fingerprint density at radius 3 is 2.58 bits per heavy atom. The highest BCUT2D eigenvalue weighted by Gasteiger charge is 2.32. The van der Waals surface area contributed by atoms with Crippen molar-refractivity contribution in [3.05, 3.63) is 87.1 Å². The molecule has 0 saturated carbocycles. The van der Waals surface area contributed by atoms with E-state index < -0.39 is 5.63 Å². The van der Waals surface area contributed by atoms with Gasteiger partial charge in [-0.25, -0.2) is 4.79 Å². The van der Waals surface area contributed by atoms with Crippen LogP contribution in [0.2, 0.25) is 0 Å². The summed E-state index contributed by atoms with van der Waals surface area (Å²) in [6, 6.07) is 18.6. The number of rotatable bonds is 3.